The Labute approximate surface area is 196 Å². The lowest BCUT2D eigenvalue weighted by Gasteiger charge is -2.36. The molecule has 4 heterocycles. The molecule has 2 aliphatic heterocycles. The van der Waals surface area contributed by atoms with Crippen molar-refractivity contribution >= 4 is 23.1 Å². The standard InChI is InChI=1S/C24H28N6O4/c1-33-17-3-4-18-20(12-17)30(23(32)14-27-18)10-9-29-8-6-19(21(31)15-29)26-13-16-2-5-22-24(28-16)25-7-11-34-22/h2-5,7,12,14,19,21,26,31H,6,8-11,13,15H2,1H3. The number of β-amino-alcohol motifs (C(OH)–C–C–N with tert-alkyl or cyclic N) is 1. The number of aliphatic hydroxyl groups is 1. The fourth-order valence-electron chi connectivity index (χ4n) is 4.44. The molecule has 2 atom stereocenters. The first-order valence-corrected chi connectivity index (χ1v) is 11.4. The van der Waals surface area contributed by atoms with E-state index < -0.39 is 6.10 Å². The van der Waals surface area contributed by atoms with Gasteiger partial charge in [-0.05, 0) is 37.2 Å². The Bertz CT molecular complexity index is 1260. The highest BCUT2D eigenvalue weighted by molar-refractivity contribution is 5.76. The molecule has 178 valence electrons. The molecular formula is C24H28N6O4. The summed E-state index contributed by atoms with van der Waals surface area (Å²) in [7, 11) is 1.60. The number of hydrogen-bond acceptors (Lipinski definition) is 9. The van der Waals surface area contributed by atoms with Crippen LogP contribution in [0.5, 0.6) is 11.5 Å². The molecule has 3 aromatic rings. The maximum Gasteiger partial charge on any atom is 0.269 e. The molecule has 5 rings (SSSR count). The number of aliphatic imine (C=N–C) groups is 1. The Balaban J connectivity index is 1.17. The third-order valence-corrected chi connectivity index (χ3v) is 6.33. The largest absolute Gasteiger partial charge is 0.497 e. The molecule has 34 heavy (non-hydrogen) atoms. The molecule has 0 bridgehead atoms. The fourth-order valence-corrected chi connectivity index (χ4v) is 4.44. The first-order valence-electron chi connectivity index (χ1n) is 11.4. The summed E-state index contributed by atoms with van der Waals surface area (Å²) in [6.07, 6.45) is 3.34. The average molecular weight is 465 g/mol. The van der Waals surface area contributed by atoms with E-state index >= 15 is 0 Å². The van der Waals surface area contributed by atoms with E-state index in [9.17, 15) is 9.90 Å². The van der Waals surface area contributed by atoms with Crippen LogP contribution in [0, 0.1) is 0 Å². The molecule has 2 aromatic heterocycles. The molecule has 0 spiro atoms. The van der Waals surface area contributed by atoms with Gasteiger partial charge in [0.15, 0.2) is 11.6 Å². The number of nitrogens with one attached hydrogen (secondary N) is 1. The Morgan fingerprint density at radius 3 is 3.03 bits per heavy atom. The Morgan fingerprint density at radius 1 is 1.26 bits per heavy atom. The zero-order chi connectivity index (χ0) is 23.5. The van der Waals surface area contributed by atoms with Crippen LogP contribution in [0.1, 0.15) is 12.1 Å². The van der Waals surface area contributed by atoms with E-state index in [2.05, 4.69) is 25.2 Å². The highest BCUT2D eigenvalue weighted by Gasteiger charge is 2.27. The second-order valence-electron chi connectivity index (χ2n) is 8.49. The zero-order valence-corrected chi connectivity index (χ0v) is 19.1. The predicted octanol–water partition coefficient (Wildman–Crippen LogP) is 1.12. The third kappa shape index (κ3) is 4.79. The Hall–Kier alpha value is -3.34. The van der Waals surface area contributed by atoms with Crippen LogP contribution in [0.2, 0.25) is 0 Å². The first kappa shape index (κ1) is 22.5. The van der Waals surface area contributed by atoms with Crippen molar-refractivity contribution < 1.29 is 14.6 Å². The van der Waals surface area contributed by atoms with Crippen molar-refractivity contribution in [3.63, 3.8) is 0 Å². The summed E-state index contributed by atoms with van der Waals surface area (Å²) in [5.41, 5.74) is 2.20. The number of benzene rings is 1. The van der Waals surface area contributed by atoms with E-state index in [1.165, 1.54) is 6.20 Å². The van der Waals surface area contributed by atoms with Crippen LogP contribution in [-0.2, 0) is 13.1 Å². The molecule has 2 aliphatic rings. The summed E-state index contributed by atoms with van der Waals surface area (Å²) in [5, 5.41) is 14.2. The van der Waals surface area contributed by atoms with Crippen molar-refractivity contribution in [3.8, 4) is 11.5 Å². The van der Waals surface area contributed by atoms with Crippen LogP contribution in [0.25, 0.3) is 11.0 Å². The number of nitrogens with zero attached hydrogens (tertiary/aromatic N) is 5. The smallest absolute Gasteiger partial charge is 0.269 e. The van der Waals surface area contributed by atoms with E-state index in [0.717, 1.165) is 29.7 Å². The second-order valence-corrected chi connectivity index (χ2v) is 8.49. The van der Waals surface area contributed by atoms with E-state index in [4.69, 9.17) is 9.47 Å². The predicted molar refractivity (Wildman–Crippen MR) is 128 cm³/mol. The van der Waals surface area contributed by atoms with Gasteiger partial charge in [-0.1, -0.05) is 0 Å². The molecular weight excluding hydrogens is 436 g/mol. The molecule has 2 N–H and O–H groups in total. The maximum absolute atomic E-state index is 12.5. The van der Waals surface area contributed by atoms with E-state index in [-0.39, 0.29) is 11.6 Å². The number of aromatic nitrogens is 3. The molecule has 1 fully saturated rings. The monoisotopic (exact) mass is 464 g/mol. The minimum absolute atomic E-state index is 0.0254. The van der Waals surface area contributed by atoms with Crippen LogP contribution in [0.15, 0.2) is 46.3 Å². The maximum atomic E-state index is 12.5. The normalized spacial score (nSPS) is 20.2. The molecule has 2 unspecified atom stereocenters. The van der Waals surface area contributed by atoms with Gasteiger partial charge < -0.3 is 24.5 Å². The van der Waals surface area contributed by atoms with Gasteiger partial charge in [0, 0.05) is 44.5 Å². The van der Waals surface area contributed by atoms with Gasteiger partial charge in [-0.15, -0.1) is 0 Å². The van der Waals surface area contributed by atoms with Crippen molar-refractivity contribution in [2.45, 2.75) is 31.7 Å². The molecule has 0 aliphatic carbocycles. The average Bonchev–Trinajstić information content (AvgIpc) is 2.87. The highest BCUT2D eigenvalue weighted by Crippen LogP contribution is 2.27. The van der Waals surface area contributed by atoms with Gasteiger partial charge in [-0.25, -0.2) is 15.0 Å². The van der Waals surface area contributed by atoms with Crippen molar-refractivity contribution in [2.24, 2.45) is 4.99 Å². The second kappa shape index (κ2) is 9.88. The minimum atomic E-state index is -0.515. The number of aliphatic hydroxyl groups excluding tert-OH is 1. The molecule has 0 saturated carbocycles. The minimum Gasteiger partial charge on any atom is -0.497 e. The van der Waals surface area contributed by atoms with Gasteiger partial charge in [-0.2, -0.15) is 0 Å². The van der Waals surface area contributed by atoms with Crippen molar-refractivity contribution in [2.75, 3.05) is 33.4 Å². The first-order chi connectivity index (χ1) is 16.6. The molecule has 10 heteroatoms. The number of rotatable bonds is 7. The van der Waals surface area contributed by atoms with Gasteiger partial charge in [0.25, 0.3) is 5.56 Å². The number of hydrogen-bond donors (Lipinski definition) is 2. The molecule has 1 aromatic carbocycles. The van der Waals surface area contributed by atoms with Gasteiger partial charge in [0.05, 0.1) is 36.1 Å². The topological polar surface area (TPSA) is 114 Å². The molecule has 0 amide bonds. The molecule has 0 radical (unpaired) electrons. The van der Waals surface area contributed by atoms with E-state index in [0.29, 0.717) is 50.1 Å². The number of pyridine rings is 1. The van der Waals surface area contributed by atoms with Gasteiger partial charge in [0.2, 0.25) is 0 Å². The van der Waals surface area contributed by atoms with Crippen LogP contribution in [0.4, 0.5) is 5.82 Å². The lowest BCUT2D eigenvalue weighted by molar-refractivity contribution is 0.0384. The van der Waals surface area contributed by atoms with Crippen LogP contribution >= 0.6 is 0 Å². The van der Waals surface area contributed by atoms with Crippen LogP contribution in [0.3, 0.4) is 0 Å². The summed E-state index contributed by atoms with van der Waals surface area (Å²) in [4.78, 5) is 27.7. The number of methoxy groups -OCH3 is 1. The fraction of sp³-hybridized carbons (Fsp3) is 0.417. The summed E-state index contributed by atoms with van der Waals surface area (Å²) in [5.74, 6) is 1.97. The summed E-state index contributed by atoms with van der Waals surface area (Å²) >= 11 is 0. The summed E-state index contributed by atoms with van der Waals surface area (Å²) < 4.78 is 12.5. The lowest BCUT2D eigenvalue weighted by Crippen LogP contribution is -2.53. The summed E-state index contributed by atoms with van der Waals surface area (Å²) in [6.45, 7) is 3.55. The zero-order valence-electron chi connectivity index (χ0n) is 19.1. The van der Waals surface area contributed by atoms with Crippen LogP contribution < -0.4 is 20.3 Å². The van der Waals surface area contributed by atoms with Crippen molar-refractivity contribution in [3.05, 3.63) is 52.6 Å². The van der Waals surface area contributed by atoms with E-state index in [1.54, 1.807) is 17.9 Å². The Kier molecular flexibility index (Phi) is 6.52. The SMILES string of the molecule is COc1ccc2ncc(=O)n(CCN3CCC(NCc4ccc5c(n4)N=CCO5)C(O)C3)c2c1. The van der Waals surface area contributed by atoms with Crippen LogP contribution in [-0.4, -0.2) is 76.3 Å². The van der Waals surface area contributed by atoms with E-state index in [1.807, 2.05) is 30.3 Å². The van der Waals surface area contributed by atoms with Crippen molar-refractivity contribution in [1.29, 1.82) is 0 Å². The van der Waals surface area contributed by atoms with Gasteiger partial charge in [-0.3, -0.25) is 9.69 Å². The van der Waals surface area contributed by atoms with Crippen molar-refractivity contribution in [1.82, 2.24) is 24.8 Å². The number of fused-ring (bicyclic) bond motifs is 2. The molecule has 1 saturated heterocycles. The van der Waals surface area contributed by atoms with Gasteiger partial charge >= 0.3 is 0 Å². The number of ether oxygens (including phenoxy) is 2. The third-order valence-electron chi connectivity index (χ3n) is 6.33. The quantitative estimate of drug-likeness (QED) is 0.535. The molecule has 10 nitrogen and oxygen atoms in total. The highest BCUT2D eigenvalue weighted by atomic mass is 16.5. The number of likely N-dealkylation sites (tertiary alicyclic amines) is 1. The lowest BCUT2D eigenvalue weighted by atomic mass is 10.0. The Morgan fingerprint density at radius 2 is 2.18 bits per heavy atom. The summed E-state index contributed by atoms with van der Waals surface area (Å²) in [6, 6.07) is 9.29. The van der Waals surface area contributed by atoms with Gasteiger partial charge in [0.1, 0.15) is 12.4 Å². The number of piperidine rings is 1.